The molecule has 2 aliphatic rings. The van der Waals surface area contributed by atoms with E-state index in [0.29, 0.717) is 35.8 Å². The Morgan fingerprint density at radius 2 is 1.76 bits per heavy atom. The predicted molar refractivity (Wildman–Crippen MR) is 128 cm³/mol. The topological polar surface area (TPSA) is 88.8 Å². The van der Waals surface area contributed by atoms with E-state index >= 15 is 0 Å². The van der Waals surface area contributed by atoms with Gasteiger partial charge in [-0.15, -0.1) is 0 Å². The van der Waals surface area contributed by atoms with Crippen LogP contribution in [0.3, 0.4) is 0 Å². The number of nitrogens with two attached hydrogens (primary N) is 1. The zero-order valence-electron chi connectivity index (χ0n) is 19.4. The maximum atomic E-state index is 13.6. The molecular weight excluding hydrogens is 416 g/mol. The molecule has 176 valence electrons. The van der Waals surface area contributed by atoms with E-state index in [1.54, 1.807) is 23.2 Å². The van der Waals surface area contributed by atoms with Crippen LogP contribution in [0.1, 0.15) is 72.1 Å². The van der Waals surface area contributed by atoms with Crippen LogP contribution in [0.4, 0.5) is 5.82 Å². The van der Waals surface area contributed by atoms with E-state index in [-0.39, 0.29) is 24.0 Å². The normalized spacial score (nSPS) is 22.5. The van der Waals surface area contributed by atoms with Crippen LogP contribution < -0.4 is 10.5 Å². The second-order valence-electron chi connectivity index (χ2n) is 9.12. The van der Waals surface area contributed by atoms with E-state index in [1.165, 1.54) is 0 Å². The zero-order valence-corrected chi connectivity index (χ0v) is 19.4. The molecule has 0 spiro atoms. The molecule has 2 aromatic rings. The van der Waals surface area contributed by atoms with E-state index in [4.69, 9.17) is 10.5 Å². The summed E-state index contributed by atoms with van der Waals surface area (Å²) in [6, 6.07) is 10.8. The van der Waals surface area contributed by atoms with Crippen molar-refractivity contribution in [2.24, 2.45) is 0 Å². The van der Waals surface area contributed by atoms with Gasteiger partial charge in [0.25, 0.3) is 11.8 Å². The SMILES string of the molecule is CN1CCCCCCN(C(=O)c2ccc(N)nc2)[C@@H]2CCCC[C@@H]2Oc2ccccc2C1=O. The fourth-order valence-electron chi connectivity index (χ4n) is 4.89. The lowest BCUT2D eigenvalue weighted by Gasteiger charge is -2.40. The third-order valence-electron chi connectivity index (χ3n) is 6.75. The molecule has 1 aromatic heterocycles. The minimum Gasteiger partial charge on any atom is -0.487 e. The Morgan fingerprint density at radius 3 is 2.55 bits per heavy atom. The number of benzene rings is 1. The van der Waals surface area contributed by atoms with Gasteiger partial charge in [-0.25, -0.2) is 4.98 Å². The largest absolute Gasteiger partial charge is 0.487 e. The number of nitrogens with zero attached hydrogens (tertiary/aromatic N) is 3. The lowest BCUT2D eigenvalue weighted by atomic mass is 9.90. The number of ether oxygens (including phenoxy) is 1. The predicted octanol–water partition coefficient (Wildman–Crippen LogP) is 4.14. The Kier molecular flexibility index (Phi) is 7.47. The van der Waals surface area contributed by atoms with E-state index in [9.17, 15) is 9.59 Å². The van der Waals surface area contributed by atoms with Gasteiger partial charge in [-0.05, 0) is 56.4 Å². The number of carbonyl (C=O) groups excluding carboxylic acids is 2. The molecule has 1 saturated carbocycles. The number of pyridine rings is 1. The minimum absolute atomic E-state index is 0.0177. The summed E-state index contributed by atoms with van der Waals surface area (Å²) < 4.78 is 6.52. The molecule has 0 saturated heterocycles. The summed E-state index contributed by atoms with van der Waals surface area (Å²) in [5.41, 5.74) is 6.87. The van der Waals surface area contributed by atoms with Gasteiger partial charge in [-0.1, -0.05) is 31.4 Å². The number of hydrogen-bond donors (Lipinski definition) is 1. The Hall–Kier alpha value is -3.09. The Balaban J connectivity index is 1.67. The minimum atomic E-state index is -0.161. The molecule has 33 heavy (non-hydrogen) atoms. The second-order valence-corrected chi connectivity index (χ2v) is 9.12. The van der Waals surface area contributed by atoms with Gasteiger partial charge in [-0.3, -0.25) is 9.59 Å². The molecule has 1 aromatic carbocycles. The van der Waals surface area contributed by atoms with Crippen LogP contribution in [-0.4, -0.2) is 58.9 Å². The summed E-state index contributed by atoms with van der Waals surface area (Å²) in [6.45, 7) is 1.39. The molecule has 0 radical (unpaired) electrons. The molecule has 1 aliphatic carbocycles. The van der Waals surface area contributed by atoms with Crippen LogP contribution in [0, 0.1) is 0 Å². The van der Waals surface area contributed by atoms with Gasteiger partial charge in [0.1, 0.15) is 17.7 Å². The molecule has 4 rings (SSSR count). The Labute approximate surface area is 195 Å². The molecule has 2 atom stereocenters. The van der Waals surface area contributed by atoms with Crippen molar-refractivity contribution in [2.45, 2.75) is 63.5 Å². The zero-order chi connectivity index (χ0) is 23.2. The van der Waals surface area contributed by atoms with Crippen molar-refractivity contribution in [3.63, 3.8) is 0 Å². The van der Waals surface area contributed by atoms with Crippen molar-refractivity contribution < 1.29 is 14.3 Å². The first-order chi connectivity index (χ1) is 16.0. The molecule has 1 fully saturated rings. The number of carbonyl (C=O) groups is 2. The van der Waals surface area contributed by atoms with Gasteiger partial charge in [0.05, 0.1) is 17.2 Å². The van der Waals surface area contributed by atoms with Gasteiger partial charge in [-0.2, -0.15) is 0 Å². The fraction of sp³-hybridized carbons (Fsp3) is 0.500. The van der Waals surface area contributed by atoms with Crippen molar-refractivity contribution in [1.29, 1.82) is 0 Å². The molecule has 7 nitrogen and oxygen atoms in total. The maximum Gasteiger partial charge on any atom is 0.257 e. The highest BCUT2D eigenvalue weighted by Gasteiger charge is 2.35. The lowest BCUT2D eigenvalue weighted by Crippen LogP contribution is -2.51. The first-order valence-corrected chi connectivity index (χ1v) is 12.1. The molecule has 2 heterocycles. The number of para-hydroxylation sites is 1. The monoisotopic (exact) mass is 450 g/mol. The van der Waals surface area contributed by atoms with Crippen molar-refractivity contribution in [2.75, 3.05) is 25.9 Å². The van der Waals surface area contributed by atoms with Gasteiger partial charge < -0.3 is 20.3 Å². The molecule has 1 aliphatic heterocycles. The third-order valence-corrected chi connectivity index (χ3v) is 6.75. The molecule has 2 amide bonds. The third kappa shape index (κ3) is 5.46. The van der Waals surface area contributed by atoms with Gasteiger partial charge >= 0.3 is 0 Å². The Morgan fingerprint density at radius 1 is 1.00 bits per heavy atom. The molecule has 7 heteroatoms. The van der Waals surface area contributed by atoms with Crippen molar-refractivity contribution >= 4 is 17.6 Å². The summed E-state index contributed by atoms with van der Waals surface area (Å²) in [7, 11) is 1.86. The Bertz CT molecular complexity index is 962. The van der Waals surface area contributed by atoms with E-state index in [0.717, 1.165) is 51.4 Å². The van der Waals surface area contributed by atoms with Crippen LogP contribution in [0.2, 0.25) is 0 Å². The summed E-state index contributed by atoms with van der Waals surface area (Å²) >= 11 is 0. The van der Waals surface area contributed by atoms with Gasteiger partial charge in [0.2, 0.25) is 0 Å². The highest BCUT2D eigenvalue weighted by atomic mass is 16.5. The smallest absolute Gasteiger partial charge is 0.257 e. The number of anilines is 1. The van der Waals surface area contributed by atoms with Crippen molar-refractivity contribution in [1.82, 2.24) is 14.8 Å². The number of fused-ring (bicyclic) bond motifs is 2. The fourth-order valence-corrected chi connectivity index (χ4v) is 4.89. The standard InChI is InChI=1S/C26H34N4O3/c1-29-16-8-2-3-9-17-30(25(31)19-14-15-24(27)28-18-19)21-11-5-7-13-23(21)33-22-12-6-4-10-20(22)26(29)32/h4,6,10,12,14-15,18,21,23H,2-3,5,7-9,11,13,16-17H2,1H3,(H2,27,28)/t21-,23+/m1/s1. The van der Waals surface area contributed by atoms with Crippen molar-refractivity contribution in [3.8, 4) is 5.75 Å². The summed E-state index contributed by atoms with van der Waals surface area (Å²) in [4.78, 5) is 34.6. The number of amides is 2. The summed E-state index contributed by atoms with van der Waals surface area (Å²) in [5, 5.41) is 0. The molecule has 0 unspecified atom stereocenters. The number of rotatable bonds is 1. The van der Waals surface area contributed by atoms with Crippen LogP contribution in [-0.2, 0) is 0 Å². The van der Waals surface area contributed by atoms with E-state index < -0.39 is 0 Å². The second kappa shape index (κ2) is 10.7. The van der Waals surface area contributed by atoms with Crippen molar-refractivity contribution in [3.05, 3.63) is 53.7 Å². The van der Waals surface area contributed by atoms with E-state index in [2.05, 4.69) is 4.98 Å². The molecular formula is C26H34N4O3. The van der Waals surface area contributed by atoms with Crippen LogP contribution in [0.15, 0.2) is 42.6 Å². The average molecular weight is 451 g/mol. The average Bonchev–Trinajstić information content (AvgIpc) is 2.83. The lowest BCUT2D eigenvalue weighted by molar-refractivity contribution is 0.0267. The molecule has 2 N–H and O–H groups in total. The van der Waals surface area contributed by atoms with E-state index in [1.807, 2.05) is 36.2 Å². The highest BCUT2D eigenvalue weighted by Crippen LogP contribution is 2.31. The summed E-state index contributed by atoms with van der Waals surface area (Å²) in [5.74, 6) is 0.956. The quantitative estimate of drug-likeness (QED) is 0.705. The first-order valence-electron chi connectivity index (χ1n) is 12.1. The number of nitrogen functional groups attached to an aromatic ring is 1. The maximum absolute atomic E-state index is 13.6. The van der Waals surface area contributed by atoms with Crippen LogP contribution >= 0.6 is 0 Å². The van der Waals surface area contributed by atoms with Gasteiger partial charge in [0.15, 0.2) is 0 Å². The van der Waals surface area contributed by atoms with Gasteiger partial charge in [0, 0.05) is 26.3 Å². The number of aromatic nitrogens is 1. The van der Waals surface area contributed by atoms with Crippen LogP contribution in [0.25, 0.3) is 0 Å². The van der Waals surface area contributed by atoms with Crippen LogP contribution in [0.5, 0.6) is 5.75 Å². The first kappa shape index (κ1) is 23.1. The molecule has 0 bridgehead atoms. The number of hydrogen-bond acceptors (Lipinski definition) is 5. The highest BCUT2D eigenvalue weighted by molar-refractivity contribution is 5.97. The summed E-state index contributed by atoms with van der Waals surface area (Å²) in [6.07, 6.45) is 9.13.